The molecule has 0 heteroatoms. The Bertz CT molecular complexity index is 617. The lowest BCUT2D eigenvalue weighted by Gasteiger charge is -2.44. The highest BCUT2D eigenvalue weighted by Gasteiger charge is 2.40. The Morgan fingerprint density at radius 3 is 2.18 bits per heavy atom. The van der Waals surface area contributed by atoms with E-state index in [0.29, 0.717) is 0 Å². The molecule has 154 valence electrons. The van der Waals surface area contributed by atoms with Crippen LogP contribution in [-0.4, -0.2) is 0 Å². The number of hydrogen-bond donors (Lipinski definition) is 0. The van der Waals surface area contributed by atoms with Crippen molar-refractivity contribution in [2.75, 3.05) is 0 Å². The predicted octanol–water partition coefficient (Wildman–Crippen LogP) is 8.78. The molecule has 1 aromatic rings. The molecule has 0 aromatic heterocycles. The van der Waals surface area contributed by atoms with Gasteiger partial charge in [-0.15, -0.1) is 0 Å². The first-order chi connectivity index (χ1) is 13.7. The Morgan fingerprint density at radius 2 is 1.57 bits per heavy atom. The minimum Gasteiger partial charge on any atom is -0.0999 e. The Balaban J connectivity index is 1.41. The third-order valence-electron chi connectivity index (χ3n) is 7.81. The maximum absolute atomic E-state index is 4.54. The van der Waals surface area contributed by atoms with Crippen LogP contribution in [0, 0.1) is 11.8 Å². The van der Waals surface area contributed by atoms with E-state index in [2.05, 4.69) is 50.4 Å². The highest BCUT2D eigenvalue weighted by molar-refractivity contribution is 5.38. The van der Waals surface area contributed by atoms with Crippen molar-refractivity contribution in [1.29, 1.82) is 0 Å². The summed E-state index contributed by atoms with van der Waals surface area (Å²) in [5, 5.41) is 0. The lowest BCUT2D eigenvalue weighted by Crippen LogP contribution is -2.35. The van der Waals surface area contributed by atoms with E-state index >= 15 is 0 Å². The average Bonchev–Trinajstić information content (AvgIpc) is 2.67. The van der Waals surface area contributed by atoms with Gasteiger partial charge in [0.25, 0.3) is 0 Å². The SMILES string of the molecule is C=C(CCCC(=C)C1(c2ccccc2)CCC1)CCC1CCCCC1CCC. The summed E-state index contributed by atoms with van der Waals surface area (Å²) in [6.45, 7) is 11.3. The van der Waals surface area contributed by atoms with Gasteiger partial charge in [0.05, 0.1) is 0 Å². The van der Waals surface area contributed by atoms with Crippen LogP contribution in [0.25, 0.3) is 0 Å². The molecular weight excluding hydrogens is 336 g/mol. The largest absolute Gasteiger partial charge is 0.0999 e. The van der Waals surface area contributed by atoms with Crippen molar-refractivity contribution in [3.8, 4) is 0 Å². The second-order valence-electron chi connectivity index (χ2n) is 9.64. The van der Waals surface area contributed by atoms with Crippen LogP contribution in [0.1, 0.15) is 102 Å². The van der Waals surface area contributed by atoms with E-state index in [1.807, 2.05) is 0 Å². The number of hydrogen-bond acceptors (Lipinski definition) is 0. The van der Waals surface area contributed by atoms with Crippen molar-refractivity contribution in [1.82, 2.24) is 0 Å². The first-order valence-electron chi connectivity index (χ1n) is 12.1. The first kappa shape index (κ1) is 21.4. The maximum Gasteiger partial charge on any atom is 0.0159 e. The first-order valence-corrected chi connectivity index (χ1v) is 12.1. The number of benzene rings is 1. The zero-order valence-electron chi connectivity index (χ0n) is 18.4. The number of rotatable bonds is 11. The van der Waals surface area contributed by atoms with Crippen LogP contribution in [-0.2, 0) is 5.41 Å². The highest BCUT2D eigenvalue weighted by atomic mass is 14.4. The summed E-state index contributed by atoms with van der Waals surface area (Å²) in [5.41, 5.74) is 4.71. The molecule has 2 saturated carbocycles. The molecule has 0 bridgehead atoms. The van der Waals surface area contributed by atoms with Crippen molar-refractivity contribution in [2.24, 2.45) is 11.8 Å². The van der Waals surface area contributed by atoms with Crippen LogP contribution in [0.4, 0.5) is 0 Å². The van der Waals surface area contributed by atoms with Crippen LogP contribution >= 0.6 is 0 Å². The molecule has 0 radical (unpaired) electrons. The molecule has 0 saturated heterocycles. The third kappa shape index (κ3) is 5.19. The lowest BCUT2D eigenvalue weighted by molar-refractivity contribution is 0.210. The third-order valence-corrected chi connectivity index (χ3v) is 7.81. The van der Waals surface area contributed by atoms with Gasteiger partial charge in [-0.25, -0.2) is 0 Å². The van der Waals surface area contributed by atoms with Gasteiger partial charge in [0.15, 0.2) is 0 Å². The highest BCUT2D eigenvalue weighted by Crippen LogP contribution is 2.50. The minimum absolute atomic E-state index is 0.276. The molecular formula is C28H42. The van der Waals surface area contributed by atoms with Gasteiger partial charge in [0, 0.05) is 5.41 Å². The van der Waals surface area contributed by atoms with E-state index in [-0.39, 0.29) is 5.41 Å². The lowest BCUT2D eigenvalue weighted by atomic mass is 9.59. The molecule has 2 unspecified atom stereocenters. The van der Waals surface area contributed by atoms with E-state index in [0.717, 1.165) is 18.3 Å². The second-order valence-corrected chi connectivity index (χ2v) is 9.64. The molecule has 0 spiro atoms. The Hall–Kier alpha value is -1.30. The van der Waals surface area contributed by atoms with Crippen LogP contribution in [0.15, 0.2) is 54.6 Å². The summed E-state index contributed by atoms with van der Waals surface area (Å²) in [4.78, 5) is 0. The van der Waals surface area contributed by atoms with Gasteiger partial charge in [-0.3, -0.25) is 0 Å². The summed E-state index contributed by atoms with van der Waals surface area (Å²) in [6.07, 6.45) is 18.8. The van der Waals surface area contributed by atoms with Crippen molar-refractivity contribution in [3.05, 3.63) is 60.2 Å². The smallest absolute Gasteiger partial charge is 0.0159 e. The summed E-state index contributed by atoms with van der Waals surface area (Å²) in [6, 6.07) is 11.1. The molecule has 0 amide bonds. The zero-order chi connectivity index (χ0) is 19.8. The molecule has 1 aromatic carbocycles. The topological polar surface area (TPSA) is 0 Å². The fraction of sp³-hybridized carbons (Fsp3) is 0.643. The van der Waals surface area contributed by atoms with Gasteiger partial charge in [-0.05, 0) is 62.3 Å². The molecule has 0 nitrogen and oxygen atoms in total. The number of allylic oxidation sites excluding steroid dienone is 2. The van der Waals surface area contributed by atoms with Crippen LogP contribution in [0.2, 0.25) is 0 Å². The van der Waals surface area contributed by atoms with E-state index in [4.69, 9.17) is 0 Å². The molecule has 2 aliphatic carbocycles. The van der Waals surface area contributed by atoms with Gasteiger partial charge in [0.2, 0.25) is 0 Å². The Labute approximate surface area is 174 Å². The van der Waals surface area contributed by atoms with Crippen molar-refractivity contribution < 1.29 is 0 Å². The Kier molecular flexibility index (Phi) is 8.00. The van der Waals surface area contributed by atoms with Crippen LogP contribution < -0.4 is 0 Å². The molecule has 2 fully saturated rings. The fourth-order valence-electron chi connectivity index (χ4n) is 5.85. The fourth-order valence-corrected chi connectivity index (χ4v) is 5.85. The molecule has 0 aliphatic heterocycles. The standard InChI is InChI=1S/C28H42/c1-4-12-25-15-8-9-16-26(25)20-19-23(2)13-10-14-24(3)28(21-11-22-28)27-17-6-5-7-18-27/h5-7,17-18,25-26H,2-4,8-16,19-22H2,1H3. The van der Waals surface area contributed by atoms with Crippen molar-refractivity contribution in [2.45, 2.75) is 102 Å². The zero-order valence-corrected chi connectivity index (χ0v) is 18.4. The van der Waals surface area contributed by atoms with Gasteiger partial charge < -0.3 is 0 Å². The van der Waals surface area contributed by atoms with Gasteiger partial charge >= 0.3 is 0 Å². The van der Waals surface area contributed by atoms with Crippen LogP contribution in [0.3, 0.4) is 0 Å². The molecule has 2 atom stereocenters. The van der Waals surface area contributed by atoms with E-state index in [9.17, 15) is 0 Å². The quantitative estimate of drug-likeness (QED) is 0.337. The Morgan fingerprint density at radius 1 is 0.893 bits per heavy atom. The minimum atomic E-state index is 0.276. The molecule has 28 heavy (non-hydrogen) atoms. The predicted molar refractivity (Wildman–Crippen MR) is 124 cm³/mol. The van der Waals surface area contributed by atoms with Gasteiger partial charge in [-0.1, -0.05) is 107 Å². The van der Waals surface area contributed by atoms with Gasteiger partial charge in [-0.2, -0.15) is 0 Å². The van der Waals surface area contributed by atoms with E-state index < -0.39 is 0 Å². The summed E-state index contributed by atoms with van der Waals surface area (Å²) in [7, 11) is 0. The van der Waals surface area contributed by atoms with E-state index in [1.54, 1.807) is 0 Å². The maximum atomic E-state index is 4.54. The van der Waals surface area contributed by atoms with E-state index in [1.165, 1.54) is 100 Å². The molecule has 0 heterocycles. The second kappa shape index (κ2) is 10.5. The summed E-state index contributed by atoms with van der Waals surface area (Å²) in [5.74, 6) is 1.97. The summed E-state index contributed by atoms with van der Waals surface area (Å²) >= 11 is 0. The van der Waals surface area contributed by atoms with Gasteiger partial charge in [0.1, 0.15) is 0 Å². The van der Waals surface area contributed by atoms with Crippen molar-refractivity contribution in [3.63, 3.8) is 0 Å². The molecule has 3 rings (SSSR count). The molecule has 2 aliphatic rings. The van der Waals surface area contributed by atoms with Crippen LogP contribution in [0.5, 0.6) is 0 Å². The monoisotopic (exact) mass is 378 g/mol. The normalized spacial score (nSPS) is 23.8. The average molecular weight is 379 g/mol. The van der Waals surface area contributed by atoms with Crippen molar-refractivity contribution >= 4 is 0 Å². The molecule has 0 N–H and O–H groups in total. The summed E-state index contributed by atoms with van der Waals surface area (Å²) < 4.78 is 0.